The van der Waals surface area contributed by atoms with Crippen LogP contribution in [0.3, 0.4) is 0 Å². The molecule has 0 aromatic carbocycles. The first kappa shape index (κ1) is 79.1. The van der Waals surface area contributed by atoms with Gasteiger partial charge in [-0.25, -0.2) is 4.57 Å². The molecule has 0 radical (unpaired) electrons. The lowest BCUT2D eigenvalue weighted by atomic mass is 10.0. The third-order valence-electron chi connectivity index (χ3n) is 12.9. The summed E-state index contributed by atoms with van der Waals surface area (Å²) in [5.41, 5.74) is 0. The third kappa shape index (κ3) is 66.3. The molecule has 0 aromatic heterocycles. The summed E-state index contributed by atoms with van der Waals surface area (Å²) >= 11 is 0. The summed E-state index contributed by atoms with van der Waals surface area (Å²) in [4.78, 5) is 35.7. The fourth-order valence-corrected chi connectivity index (χ4v) is 8.75. The van der Waals surface area contributed by atoms with Crippen LogP contribution in [0, 0.1) is 0 Å². The number of esters is 2. The molecule has 0 heterocycles. The number of likely N-dealkylation sites (N-methyl/N-ethyl adjacent to an activating group) is 1. The number of quaternary nitrogens is 1. The van der Waals surface area contributed by atoms with E-state index in [1.807, 2.05) is 21.1 Å². The number of ether oxygens (including phenoxy) is 2. The summed E-state index contributed by atoms with van der Waals surface area (Å²) in [6.07, 6.45) is 97.0. The van der Waals surface area contributed by atoms with Crippen LogP contribution in [-0.4, -0.2) is 74.9 Å². The Hall–Kier alpha value is -4.89. The zero-order valence-corrected chi connectivity index (χ0v) is 54.4. The second-order valence-corrected chi connectivity index (χ2v) is 23.5. The van der Waals surface area contributed by atoms with Crippen molar-refractivity contribution < 1.29 is 42.1 Å². The second-order valence-electron chi connectivity index (χ2n) is 22.0. The quantitative estimate of drug-likeness (QED) is 0.0211. The van der Waals surface area contributed by atoms with Gasteiger partial charge in [0.2, 0.25) is 0 Å². The minimum Gasteiger partial charge on any atom is -0.462 e. The van der Waals surface area contributed by atoms with Gasteiger partial charge in [-0.05, 0) is 135 Å². The van der Waals surface area contributed by atoms with Gasteiger partial charge in [-0.3, -0.25) is 18.6 Å². The number of unbranched alkanes of at least 4 members (excludes halogenated alkanes) is 13. The summed E-state index contributed by atoms with van der Waals surface area (Å²) in [7, 11) is 1.43. The van der Waals surface area contributed by atoms with Gasteiger partial charge in [-0.15, -0.1) is 0 Å². The van der Waals surface area contributed by atoms with Gasteiger partial charge in [-0.2, -0.15) is 0 Å². The van der Waals surface area contributed by atoms with E-state index in [2.05, 4.69) is 196 Å². The van der Waals surface area contributed by atoms with Crippen LogP contribution in [0.15, 0.2) is 182 Å². The molecule has 0 bridgehead atoms. The van der Waals surface area contributed by atoms with Gasteiger partial charge in [0.1, 0.15) is 19.8 Å². The summed E-state index contributed by atoms with van der Waals surface area (Å²) in [5.74, 6) is -0.854. The largest absolute Gasteiger partial charge is 0.472 e. The lowest BCUT2D eigenvalue weighted by molar-refractivity contribution is -0.870. The van der Waals surface area contributed by atoms with Crippen molar-refractivity contribution in [2.45, 2.75) is 225 Å². The summed E-state index contributed by atoms with van der Waals surface area (Å²) in [6.45, 7) is 4.13. The van der Waals surface area contributed by atoms with Gasteiger partial charge in [0.15, 0.2) is 6.10 Å². The Morgan fingerprint density at radius 1 is 0.369 bits per heavy atom. The molecule has 1 N–H and O–H groups in total. The highest BCUT2D eigenvalue weighted by molar-refractivity contribution is 7.47. The average Bonchev–Trinajstić information content (AvgIpc) is 3.61. The van der Waals surface area contributed by atoms with E-state index >= 15 is 0 Å². The van der Waals surface area contributed by atoms with Gasteiger partial charge in [0.05, 0.1) is 27.7 Å². The Bertz CT molecular complexity index is 2070. The van der Waals surface area contributed by atoms with Gasteiger partial charge in [0.25, 0.3) is 0 Å². The highest BCUT2D eigenvalue weighted by Crippen LogP contribution is 2.43. The van der Waals surface area contributed by atoms with Crippen molar-refractivity contribution in [3.63, 3.8) is 0 Å². The predicted molar refractivity (Wildman–Crippen MR) is 362 cm³/mol. The van der Waals surface area contributed by atoms with Crippen LogP contribution in [0.25, 0.3) is 0 Å². The third-order valence-corrected chi connectivity index (χ3v) is 13.9. The first-order valence-corrected chi connectivity index (χ1v) is 34.0. The minimum atomic E-state index is -4.41. The van der Waals surface area contributed by atoms with E-state index in [0.717, 1.165) is 141 Å². The zero-order chi connectivity index (χ0) is 61.2. The van der Waals surface area contributed by atoms with Crippen molar-refractivity contribution in [1.82, 2.24) is 0 Å². The van der Waals surface area contributed by atoms with Gasteiger partial charge in [-0.1, -0.05) is 254 Å². The lowest BCUT2D eigenvalue weighted by Gasteiger charge is -2.24. The molecule has 472 valence electrons. The van der Waals surface area contributed by atoms with Crippen molar-refractivity contribution in [3.05, 3.63) is 182 Å². The summed E-state index contributed by atoms with van der Waals surface area (Å²) in [5, 5.41) is 0. The van der Waals surface area contributed by atoms with Crippen LogP contribution >= 0.6 is 7.82 Å². The molecule has 0 aliphatic carbocycles. The number of carbonyl (C=O) groups excluding carboxylic acids is 2. The summed E-state index contributed by atoms with van der Waals surface area (Å²) < 4.78 is 34.6. The van der Waals surface area contributed by atoms with Crippen molar-refractivity contribution in [1.29, 1.82) is 0 Å². The van der Waals surface area contributed by atoms with E-state index in [-0.39, 0.29) is 26.1 Å². The van der Waals surface area contributed by atoms with E-state index in [1.54, 1.807) is 0 Å². The molecule has 0 saturated carbocycles. The zero-order valence-electron chi connectivity index (χ0n) is 53.6. The SMILES string of the molecule is CC/C=C\C/C=C\C/C=C\C/C=C\C/C=C\C/C=C\C/C=C\C/C=C\C/C=C\C/C=C\CCCCCCCCCCCCC(=O)OC(COC(=O)CCCCC/C=C\C/C=C\C/C=C\C/C=C\C/C=C\CC)COP(=O)(O)OCC[N+](C)(C)C. The van der Waals surface area contributed by atoms with E-state index in [9.17, 15) is 19.0 Å². The molecule has 84 heavy (non-hydrogen) atoms. The first-order chi connectivity index (χ1) is 41.0. The molecule has 0 saturated heterocycles. The normalized spacial score (nSPS) is 14.4. The number of hydrogen-bond donors (Lipinski definition) is 1. The highest BCUT2D eigenvalue weighted by atomic mass is 31.2. The molecule has 2 atom stereocenters. The Morgan fingerprint density at radius 2 is 0.643 bits per heavy atom. The van der Waals surface area contributed by atoms with Crippen LogP contribution in [0.4, 0.5) is 0 Å². The number of allylic oxidation sites excluding steroid dienone is 30. The van der Waals surface area contributed by atoms with E-state index < -0.39 is 32.5 Å². The summed E-state index contributed by atoms with van der Waals surface area (Å²) in [6, 6.07) is 0. The van der Waals surface area contributed by atoms with Crippen LogP contribution < -0.4 is 0 Å². The topological polar surface area (TPSA) is 108 Å². The van der Waals surface area contributed by atoms with Crippen LogP contribution in [0.5, 0.6) is 0 Å². The van der Waals surface area contributed by atoms with E-state index in [1.165, 1.54) is 38.5 Å². The van der Waals surface area contributed by atoms with E-state index in [0.29, 0.717) is 23.9 Å². The number of carbonyl (C=O) groups is 2. The van der Waals surface area contributed by atoms with E-state index in [4.69, 9.17) is 18.5 Å². The van der Waals surface area contributed by atoms with Crippen molar-refractivity contribution in [3.8, 4) is 0 Å². The Labute approximate surface area is 514 Å². The molecule has 10 heteroatoms. The van der Waals surface area contributed by atoms with Crippen molar-refractivity contribution in [2.75, 3.05) is 47.5 Å². The second kappa shape index (κ2) is 62.6. The maximum atomic E-state index is 12.8. The smallest absolute Gasteiger partial charge is 0.462 e. The standard InChI is InChI=1S/C74H118NO8P/c1-6-8-10-12-14-16-18-20-22-24-26-27-28-29-30-31-32-33-34-35-36-37-38-39-40-41-42-43-44-45-46-47-49-51-53-55-57-59-61-63-65-67-74(77)83-72(71-82-84(78,79)81-69-68-75(3,4)5)70-80-73(76)66-64-62-60-58-56-54-52-50-48-25-23-21-19-17-15-13-11-9-7-2/h8-11,14-17,20-23,26-27,29-30,32-33,35-36,38-39,41-42,44-45,48,50,54,56,72H,6-7,12-13,18-19,24-25,28,31,34,37,40,43,46-47,49,51-53,55,57-71H2,1-5H3/p+1/b10-8-,11-9-,16-14-,17-15-,22-20-,23-21-,27-26-,30-29-,33-32-,36-35-,39-38-,42-41-,45-44-,50-48-,56-54-. The number of nitrogens with zero attached hydrogens (tertiary/aromatic N) is 1. The molecule has 0 spiro atoms. The number of phosphoric ester groups is 1. The molecule has 2 unspecified atom stereocenters. The number of hydrogen-bond acceptors (Lipinski definition) is 7. The minimum absolute atomic E-state index is 0.0154. The van der Waals surface area contributed by atoms with Gasteiger partial charge < -0.3 is 18.9 Å². The highest BCUT2D eigenvalue weighted by Gasteiger charge is 2.27. The lowest BCUT2D eigenvalue weighted by Crippen LogP contribution is -2.37. The maximum absolute atomic E-state index is 12.8. The fraction of sp³-hybridized carbons (Fsp3) is 0.568. The van der Waals surface area contributed by atoms with Crippen LogP contribution in [0.2, 0.25) is 0 Å². The van der Waals surface area contributed by atoms with Crippen LogP contribution in [0.1, 0.15) is 219 Å². The molecular formula is C74H119NO8P+. The fourth-order valence-electron chi connectivity index (χ4n) is 8.01. The Balaban J connectivity index is 4.15. The average molecular weight is 1180 g/mol. The Kier molecular flexibility index (Phi) is 59.0. The molecule has 0 aliphatic heterocycles. The molecule has 0 aliphatic rings. The van der Waals surface area contributed by atoms with Crippen molar-refractivity contribution in [2.24, 2.45) is 0 Å². The predicted octanol–water partition coefficient (Wildman–Crippen LogP) is 21.1. The van der Waals surface area contributed by atoms with Crippen LogP contribution in [-0.2, 0) is 32.7 Å². The first-order valence-electron chi connectivity index (χ1n) is 32.5. The molecular weight excluding hydrogens is 1060 g/mol. The van der Waals surface area contributed by atoms with Crippen molar-refractivity contribution >= 4 is 19.8 Å². The molecule has 0 amide bonds. The number of phosphoric acid groups is 1. The maximum Gasteiger partial charge on any atom is 0.472 e. The molecule has 0 aromatic rings. The number of rotatable bonds is 57. The Morgan fingerprint density at radius 3 is 0.964 bits per heavy atom. The van der Waals surface area contributed by atoms with Gasteiger partial charge >= 0.3 is 19.8 Å². The van der Waals surface area contributed by atoms with Gasteiger partial charge in [0, 0.05) is 12.8 Å². The monoisotopic (exact) mass is 1180 g/mol. The molecule has 0 rings (SSSR count). The molecule has 0 fully saturated rings. The molecule has 9 nitrogen and oxygen atoms in total.